The summed E-state index contributed by atoms with van der Waals surface area (Å²) >= 11 is 4.91. The van der Waals surface area contributed by atoms with Gasteiger partial charge in [-0.15, -0.1) is 11.3 Å². The first-order valence-corrected chi connectivity index (χ1v) is 8.96. The number of hydrogen-bond acceptors (Lipinski definition) is 3. The summed E-state index contributed by atoms with van der Waals surface area (Å²) in [6.07, 6.45) is 1.56. The maximum Gasteiger partial charge on any atom is 0.257 e. The smallest absolute Gasteiger partial charge is 0.257 e. The fourth-order valence-corrected chi connectivity index (χ4v) is 3.65. The Balaban J connectivity index is 1.90. The van der Waals surface area contributed by atoms with Crippen molar-refractivity contribution in [3.05, 3.63) is 80.1 Å². The van der Waals surface area contributed by atoms with Gasteiger partial charge in [-0.05, 0) is 49.4 Å². The lowest BCUT2D eigenvalue weighted by atomic mass is 10.1. The topological polar surface area (TPSA) is 33.5 Å². The van der Waals surface area contributed by atoms with Crippen LogP contribution in [0.4, 0.5) is 4.39 Å². The predicted octanol–water partition coefficient (Wildman–Crippen LogP) is 5.39. The second-order valence-electron chi connectivity index (χ2n) is 5.38. The van der Waals surface area contributed by atoms with Crippen LogP contribution in [0.2, 0.25) is 0 Å². The largest absolute Gasteiger partial charge is 0.467 e. The van der Waals surface area contributed by atoms with E-state index in [4.69, 9.17) is 4.42 Å². The number of aryl methyl sites for hydroxylation is 1. The molecule has 24 heavy (non-hydrogen) atoms. The molecule has 1 aromatic carbocycles. The Labute approximate surface area is 151 Å². The highest BCUT2D eigenvalue weighted by Gasteiger charge is 2.21. The minimum Gasteiger partial charge on any atom is -0.467 e. The summed E-state index contributed by atoms with van der Waals surface area (Å²) in [6, 6.07) is 11.9. The molecule has 0 fully saturated rings. The van der Waals surface area contributed by atoms with Gasteiger partial charge in [-0.2, -0.15) is 0 Å². The third-order valence-corrected chi connectivity index (χ3v) is 4.99. The summed E-state index contributed by atoms with van der Waals surface area (Å²) < 4.78 is 20.1. The van der Waals surface area contributed by atoms with Gasteiger partial charge in [0.2, 0.25) is 0 Å². The molecule has 2 aromatic heterocycles. The van der Waals surface area contributed by atoms with Crippen LogP contribution in [0.1, 0.15) is 25.9 Å². The minimum atomic E-state index is -0.532. The number of halogens is 2. The molecule has 0 spiro atoms. The van der Waals surface area contributed by atoms with Gasteiger partial charge >= 0.3 is 0 Å². The van der Waals surface area contributed by atoms with Gasteiger partial charge in [-0.3, -0.25) is 4.79 Å². The third kappa shape index (κ3) is 3.94. The number of carbonyl (C=O) groups is 1. The summed E-state index contributed by atoms with van der Waals surface area (Å²) in [5, 5.41) is 0. The van der Waals surface area contributed by atoms with Crippen LogP contribution >= 0.6 is 27.3 Å². The summed E-state index contributed by atoms with van der Waals surface area (Å²) in [6.45, 7) is 2.71. The van der Waals surface area contributed by atoms with Crippen molar-refractivity contribution in [2.45, 2.75) is 20.0 Å². The summed E-state index contributed by atoms with van der Waals surface area (Å²) in [7, 11) is 0. The van der Waals surface area contributed by atoms with Crippen molar-refractivity contribution >= 4 is 33.2 Å². The Kier molecular flexibility index (Phi) is 5.16. The van der Waals surface area contributed by atoms with Crippen LogP contribution in [0.15, 0.2) is 57.6 Å². The number of hydrogen-bond donors (Lipinski definition) is 0. The Bertz CT molecular complexity index is 845. The van der Waals surface area contributed by atoms with Crippen molar-refractivity contribution in [3.63, 3.8) is 0 Å². The summed E-state index contributed by atoms with van der Waals surface area (Å²) in [5.41, 5.74) is 0.0456. The van der Waals surface area contributed by atoms with E-state index in [9.17, 15) is 9.18 Å². The van der Waals surface area contributed by atoms with E-state index in [2.05, 4.69) is 15.9 Å². The molecular formula is C18H15BrFNO2S. The van der Waals surface area contributed by atoms with E-state index in [1.807, 2.05) is 19.1 Å². The second kappa shape index (κ2) is 7.32. The van der Waals surface area contributed by atoms with Crippen molar-refractivity contribution in [2.75, 3.05) is 0 Å². The van der Waals surface area contributed by atoms with Crippen molar-refractivity contribution in [1.82, 2.24) is 4.90 Å². The zero-order valence-corrected chi connectivity index (χ0v) is 15.4. The molecule has 0 aliphatic rings. The van der Waals surface area contributed by atoms with Crippen LogP contribution in [0, 0.1) is 12.7 Å². The monoisotopic (exact) mass is 407 g/mol. The molecule has 0 atom stereocenters. The van der Waals surface area contributed by atoms with Crippen LogP contribution in [0.5, 0.6) is 0 Å². The number of rotatable bonds is 5. The van der Waals surface area contributed by atoms with Gasteiger partial charge in [0.05, 0.1) is 24.9 Å². The average molecular weight is 408 g/mol. The van der Waals surface area contributed by atoms with Crippen LogP contribution in [-0.4, -0.2) is 10.8 Å². The number of amides is 1. The Morgan fingerprint density at radius 1 is 1.25 bits per heavy atom. The average Bonchev–Trinajstić information content (AvgIpc) is 3.20. The van der Waals surface area contributed by atoms with Gasteiger partial charge in [-0.1, -0.05) is 15.9 Å². The van der Waals surface area contributed by atoms with Gasteiger partial charge in [0, 0.05) is 14.2 Å². The molecule has 0 aliphatic heterocycles. The number of nitrogens with zero attached hydrogens (tertiary/aromatic N) is 1. The van der Waals surface area contributed by atoms with E-state index in [0.717, 1.165) is 4.88 Å². The zero-order chi connectivity index (χ0) is 17.1. The number of thiophene rings is 1. The van der Waals surface area contributed by atoms with Crippen molar-refractivity contribution in [3.8, 4) is 0 Å². The number of carbonyl (C=O) groups excluding carboxylic acids is 1. The molecule has 0 radical (unpaired) electrons. The van der Waals surface area contributed by atoms with Gasteiger partial charge in [0.1, 0.15) is 11.6 Å². The molecule has 0 unspecified atom stereocenters. The molecule has 6 heteroatoms. The van der Waals surface area contributed by atoms with Gasteiger partial charge < -0.3 is 9.32 Å². The van der Waals surface area contributed by atoms with Crippen molar-refractivity contribution in [1.29, 1.82) is 0 Å². The maximum atomic E-state index is 14.1. The number of furan rings is 1. The molecule has 3 aromatic rings. The molecule has 124 valence electrons. The Hall–Kier alpha value is -1.92. The van der Waals surface area contributed by atoms with E-state index in [1.54, 1.807) is 40.7 Å². The van der Waals surface area contributed by atoms with Crippen molar-refractivity contribution < 1.29 is 13.6 Å². The quantitative estimate of drug-likeness (QED) is 0.567. The van der Waals surface area contributed by atoms with Crippen molar-refractivity contribution in [2.24, 2.45) is 0 Å². The lowest BCUT2D eigenvalue weighted by Crippen LogP contribution is -2.30. The molecular weight excluding hydrogens is 393 g/mol. The van der Waals surface area contributed by atoms with Gasteiger partial charge in [0.25, 0.3) is 5.91 Å². The molecule has 0 N–H and O–H groups in total. The van der Waals surface area contributed by atoms with Gasteiger partial charge in [0.15, 0.2) is 0 Å². The highest BCUT2D eigenvalue weighted by molar-refractivity contribution is 9.10. The summed E-state index contributed by atoms with van der Waals surface area (Å²) in [4.78, 5) is 16.7. The standard InChI is InChI=1S/C18H15BrFNO2S/c1-12-4-6-15(24-12)11-21(10-14-3-2-8-23-14)18(22)16-9-13(19)5-7-17(16)20/h2-9H,10-11H2,1H3. The second-order valence-corrected chi connectivity index (χ2v) is 7.67. The Morgan fingerprint density at radius 2 is 2.08 bits per heavy atom. The molecule has 3 nitrogen and oxygen atoms in total. The first-order chi connectivity index (χ1) is 11.5. The normalized spacial score (nSPS) is 10.8. The van der Waals surface area contributed by atoms with E-state index in [1.165, 1.54) is 17.0 Å². The molecule has 3 rings (SSSR count). The molecule has 0 bridgehead atoms. The minimum absolute atomic E-state index is 0.0456. The molecule has 1 amide bonds. The van der Waals surface area contributed by atoms with E-state index >= 15 is 0 Å². The van der Waals surface area contributed by atoms with E-state index < -0.39 is 5.82 Å². The third-order valence-electron chi connectivity index (χ3n) is 3.52. The fraction of sp³-hybridized carbons (Fsp3) is 0.167. The zero-order valence-electron chi connectivity index (χ0n) is 13.0. The highest BCUT2D eigenvalue weighted by atomic mass is 79.9. The maximum absolute atomic E-state index is 14.1. The lowest BCUT2D eigenvalue weighted by Gasteiger charge is -2.21. The van der Waals surface area contributed by atoms with Crippen LogP contribution in [0.25, 0.3) is 0 Å². The van der Waals surface area contributed by atoms with Crippen LogP contribution in [-0.2, 0) is 13.1 Å². The molecule has 0 aliphatic carbocycles. The Morgan fingerprint density at radius 3 is 2.75 bits per heavy atom. The first-order valence-electron chi connectivity index (χ1n) is 7.35. The summed E-state index contributed by atoms with van der Waals surface area (Å²) in [5.74, 6) is -0.238. The van der Waals surface area contributed by atoms with Crippen LogP contribution < -0.4 is 0 Å². The fourth-order valence-electron chi connectivity index (χ4n) is 2.38. The van der Waals surface area contributed by atoms with Gasteiger partial charge in [-0.25, -0.2) is 4.39 Å². The highest BCUT2D eigenvalue weighted by Crippen LogP contribution is 2.22. The molecule has 0 saturated carbocycles. The van der Waals surface area contributed by atoms with E-state index in [-0.39, 0.29) is 18.0 Å². The van der Waals surface area contributed by atoms with Crippen LogP contribution in [0.3, 0.4) is 0 Å². The SMILES string of the molecule is Cc1ccc(CN(Cc2ccco2)C(=O)c2cc(Br)ccc2F)s1. The first kappa shape index (κ1) is 16.9. The van der Waals surface area contributed by atoms with E-state index in [0.29, 0.717) is 16.8 Å². The number of benzene rings is 1. The molecule has 2 heterocycles. The molecule has 0 saturated heterocycles. The lowest BCUT2D eigenvalue weighted by molar-refractivity contribution is 0.0714. The predicted molar refractivity (Wildman–Crippen MR) is 95.4 cm³/mol.